The van der Waals surface area contributed by atoms with Crippen LogP contribution in [0, 0.1) is 23.7 Å². The van der Waals surface area contributed by atoms with Gasteiger partial charge in [-0.3, -0.25) is 0 Å². The van der Waals surface area contributed by atoms with Crippen LogP contribution in [0.5, 0.6) is 0 Å². The number of rotatable bonds is 4. The van der Waals surface area contributed by atoms with Gasteiger partial charge in [0.15, 0.2) is 0 Å². The van der Waals surface area contributed by atoms with Crippen molar-refractivity contribution >= 4 is 0 Å². The van der Waals surface area contributed by atoms with E-state index in [4.69, 9.17) is 5.73 Å². The fraction of sp³-hybridized carbons (Fsp3) is 1.00. The van der Waals surface area contributed by atoms with Crippen molar-refractivity contribution in [2.45, 2.75) is 59.1 Å². The van der Waals surface area contributed by atoms with E-state index in [-0.39, 0.29) is 12.1 Å². The normalized spacial score (nSPS) is 38.6. The largest absolute Gasteiger partial charge is 0.392 e. The first-order valence-electron chi connectivity index (χ1n) is 6.46. The molecule has 15 heavy (non-hydrogen) atoms. The van der Waals surface area contributed by atoms with Crippen LogP contribution < -0.4 is 5.73 Å². The summed E-state index contributed by atoms with van der Waals surface area (Å²) in [6.45, 7) is 8.77. The summed E-state index contributed by atoms with van der Waals surface area (Å²) in [4.78, 5) is 0. The monoisotopic (exact) mass is 213 g/mol. The highest BCUT2D eigenvalue weighted by Crippen LogP contribution is 2.40. The SMILES string of the molecule is CCC(CC)C(N)C1C(C)CC(C)C1O. The Kier molecular flexibility index (Phi) is 4.60. The molecule has 3 N–H and O–H groups in total. The second-order valence-corrected chi connectivity index (χ2v) is 5.41. The van der Waals surface area contributed by atoms with E-state index in [9.17, 15) is 5.11 Å². The Balaban J connectivity index is 2.69. The van der Waals surface area contributed by atoms with Crippen molar-refractivity contribution in [2.75, 3.05) is 0 Å². The van der Waals surface area contributed by atoms with Crippen molar-refractivity contribution in [1.29, 1.82) is 0 Å². The van der Waals surface area contributed by atoms with Gasteiger partial charge in [0, 0.05) is 12.0 Å². The quantitative estimate of drug-likeness (QED) is 0.753. The first kappa shape index (κ1) is 13.0. The van der Waals surface area contributed by atoms with Gasteiger partial charge in [-0.2, -0.15) is 0 Å². The molecule has 2 heteroatoms. The predicted octanol–water partition coefficient (Wildman–Crippen LogP) is 2.40. The molecule has 2 nitrogen and oxygen atoms in total. The van der Waals surface area contributed by atoms with E-state index in [0.29, 0.717) is 23.7 Å². The van der Waals surface area contributed by atoms with Gasteiger partial charge < -0.3 is 10.8 Å². The average molecular weight is 213 g/mol. The molecule has 1 rings (SSSR count). The molecule has 0 spiro atoms. The van der Waals surface area contributed by atoms with Crippen LogP contribution >= 0.6 is 0 Å². The first-order chi connectivity index (χ1) is 7.02. The zero-order chi connectivity index (χ0) is 11.6. The highest BCUT2D eigenvalue weighted by molar-refractivity contribution is 4.94. The maximum atomic E-state index is 10.2. The Bertz CT molecular complexity index is 191. The molecule has 0 aromatic rings. The number of aliphatic hydroxyl groups excluding tert-OH is 1. The molecular weight excluding hydrogens is 186 g/mol. The molecule has 0 heterocycles. The first-order valence-corrected chi connectivity index (χ1v) is 6.46. The van der Waals surface area contributed by atoms with Gasteiger partial charge in [-0.05, 0) is 24.2 Å². The van der Waals surface area contributed by atoms with Crippen LogP contribution in [0.25, 0.3) is 0 Å². The number of hydrogen-bond donors (Lipinski definition) is 2. The summed E-state index contributed by atoms with van der Waals surface area (Å²) < 4.78 is 0. The standard InChI is InChI=1S/C13H27NO/c1-5-10(6-2)12(14)11-8(3)7-9(4)13(11)15/h8-13,15H,5-7,14H2,1-4H3. The van der Waals surface area contributed by atoms with E-state index >= 15 is 0 Å². The van der Waals surface area contributed by atoms with Crippen LogP contribution in [-0.4, -0.2) is 17.3 Å². The molecule has 0 amide bonds. The minimum absolute atomic E-state index is 0.176. The third kappa shape index (κ3) is 2.54. The topological polar surface area (TPSA) is 46.2 Å². The van der Waals surface area contributed by atoms with Crippen LogP contribution in [0.4, 0.5) is 0 Å². The van der Waals surface area contributed by atoms with Gasteiger partial charge in [0.2, 0.25) is 0 Å². The summed E-state index contributed by atoms with van der Waals surface area (Å²) in [5, 5.41) is 10.2. The number of hydrogen-bond acceptors (Lipinski definition) is 2. The van der Waals surface area contributed by atoms with Gasteiger partial charge in [0.1, 0.15) is 0 Å². The van der Waals surface area contributed by atoms with Gasteiger partial charge in [0.25, 0.3) is 0 Å². The summed E-state index contributed by atoms with van der Waals surface area (Å²) in [7, 11) is 0. The molecule has 1 saturated carbocycles. The van der Waals surface area contributed by atoms with E-state index in [1.54, 1.807) is 0 Å². The van der Waals surface area contributed by atoms with Crippen LogP contribution in [-0.2, 0) is 0 Å². The van der Waals surface area contributed by atoms with E-state index in [1.807, 2.05) is 0 Å². The third-order valence-electron chi connectivity index (χ3n) is 4.42. The molecule has 1 fully saturated rings. The van der Waals surface area contributed by atoms with Crippen molar-refractivity contribution in [2.24, 2.45) is 29.4 Å². The molecule has 0 saturated heterocycles. The summed E-state index contributed by atoms with van der Waals surface area (Å²) >= 11 is 0. The number of nitrogens with two attached hydrogens (primary N) is 1. The maximum Gasteiger partial charge on any atom is 0.0611 e. The van der Waals surface area contributed by atoms with Gasteiger partial charge in [-0.25, -0.2) is 0 Å². The maximum absolute atomic E-state index is 10.2. The van der Waals surface area contributed by atoms with E-state index in [0.717, 1.165) is 19.3 Å². The predicted molar refractivity (Wildman–Crippen MR) is 64.5 cm³/mol. The minimum Gasteiger partial charge on any atom is -0.392 e. The molecular formula is C13H27NO. The molecule has 0 aliphatic heterocycles. The van der Waals surface area contributed by atoms with Gasteiger partial charge in [-0.1, -0.05) is 40.5 Å². The Morgan fingerprint density at radius 3 is 2.07 bits per heavy atom. The van der Waals surface area contributed by atoms with Crippen molar-refractivity contribution in [1.82, 2.24) is 0 Å². The molecule has 5 unspecified atom stereocenters. The molecule has 0 aromatic carbocycles. The highest BCUT2D eigenvalue weighted by atomic mass is 16.3. The third-order valence-corrected chi connectivity index (χ3v) is 4.42. The van der Waals surface area contributed by atoms with Crippen LogP contribution in [0.15, 0.2) is 0 Å². The lowest BCUT2D eigenvalue weighted by Crippen LogP contribution is -2.43. The lowest BCUT2D eigenvalue weighted by molar-refractivity contribution is 0.0634. The van der Waals surface area contributed by atoms with Crippen molar-refractivity contribution in [3.63, 3.8) is 0 Å². The second-order valence-electron chi connectivity index (χ2n) is 5.41. The van der Waals surface area contributed by atoms with Crippen LogP contribution in [0.3, 0.4) is 0 Å². The van der Waals surface area contributed by atoms with Crippen LogP contribution in [0.1, 0.15) is 47.0 Å². The van der Waals surface area contributed by atoms with Gasteiger partial charge in [-0.15, -0.1) is 0 Å². The molecule has 0 aromatic heterocycles. The Morgan fingerprint density at radius 1 is 1.20 bits per heavy atom. The summed E-state index contributed by atoms with van der Waals surface area (Å²) in [5.41, 5.74) is 6.33. The smallest absolute Gasteiger partial charge is 0.0611 e. The van der Waals surface area contributed by atoms with Crippen molar-refractivity contribution in [3.8, 4) is 0 Å². The molecule has 1 aliphatic carbocycles. The minimum atomic E-state index is -0.185. The van der Waals surface area contributed by atoms with Crippen molar-refractivity contribution in [3.05, 3.63) is 0 Å². The Labute approximate surface area is 94.2 Å². The van der Waals surface area contributed by atoms with Gasteiger partial charge >= 0.3 is 0 Å². The summed E-state index contributed by atoms with van der Waals surface area (Å²) in [5.74, 6) is 1.87. The molecule has 0 bridgehead atoms. The highest BCUT2D eigenvalue weighted by Gasteiger charge is 2.42. The van der Waals surface area contributed by atoms with E-state index < -0.39 is 0 Å². The van der Waals surface area contributed by atoms with Gasteiger partial charge in [0.05, 0.1) is 6.10 Å². The summed E-state index contributed by atoms with van der Waals surface area (Å²) in [6, 6.07) is 0.176. The van der Waals surface area contributed by atoms with Crippen molar-refractivity contribution < 1.29 is 5.11 Å². The lowest BCUT2D eigenvalue weighted by atomic mass is 9.79. The zero-order valence-corrected chi connectivity index (χ0v) is 10.6. The Hall–Kier alpha value is -0.0800. The second kappa shape index (κ2) is 5.31. The van der Waals surface area contributed by atoms with E-state index in [2.05, 4.69) is 27.7 Å². The molecule has 5 atom stereocenters. The number of aliphatic hydroxyl groups is 1. The molecule has 90 valence electrons. The lowest BCUT2D eigenvalue weighted by Gasteiger charge is -2.32. The average Bonchev–Trinajstić information content (AvgIpc) is 2.43. The van der Waals surface area contributed by atoms with Crippen LogP contribution in [0.2, 0.25) is 0 Å². The van der Waals surface area contributed by atoms with E-state index in [1.165, 1.54) is 0 Å². The zero-order valence-electron chi connectivity index (χ0n) is 10.6. The fourth-order valence-corrected chi connectivity index (χ4v) is 3.35. The fourth-order valence-electron chi connectivity index (χ4n) is 3.35. The Morgan fingerprint density at radius 2 is 1.73 bits per heavy atom. The summed E-state index contributed by atoms with van der Waals surface area (Å²) in [6.07, 6.45) is 3.19. The molecule has 0 radical (unpaired) electrons. The molecule has 1 aliphatic rings.